The van der Waals surface area contributed by atoms with Gasteiger partial charge in [-0.05, 0) is 35.9 Å². The Labute approximate surface area is 127 Å². The molecule has 0 saturated carbocycles. The second kappa shape index (κ2) is 5.73. The molecule has 1 aromatic heterocycles. The average Bonchev–Trinajstić information content (AvgIpc) is 2.48. The van der Waals surface area contributed by atoms with E-state index in [4.69, 9.17) is 17.3 Å². The Kier molecular flexibility index (Phi) is 3.81. The van der Waals surface area contributed by atoms with Crippen LogP contribution < -0.4 is 5.73 Å². The Morgan fingerprint density at radius 1 is 1.10 bits per heavy atom. The molecule has 2 N–H and O–H groups in total. The second-order valence-corrected chi connectivity index (χ2v) is 5.89. The van der Waals surface area contributed by atoms with E-state index in [1.807, 2.05) is 42.6 Å². The van der Waals surface area contributed by atoms with Crippen molar-refractivity contribution in [2.24, 2.45) is 0 Å². The maximum Gasteiger partial charge on any atom is 0.0705 e. The number of hydrogen-bond acceptors (Lipinski definition) is 3. The van der Waals surface area contributed by atoms with Gasteiger partial charge in [0.15, 0.2) is 0 Å². The van der Waals surface area contributed by atoms with Crippen molar-refractivity contribution in [1.29, 1.82) is 0 Å². The maximum atomic E-state index is 6.19. The predicted octanol–water partition coefficient (Wildman–Crippen LogP) is 4.76. The number of nitrogens with two attached hydrogens (primary N) is 1. The second-order valence-electron chi connectivity index (χ2n) is 4.47. The highest BCUT2D eigenvalue weighted by Crippen LogP contribution is 2.32. The van der Waals surface area contributed by atoms with Crippen LogP contribution in [0.1, 0.15) is 5.56 Å². The molecular formula is C16H13ClN2S. The molecule has 3 aromatic rings. The number of aromatic nitrogens is 1. The number of fused-ring (bicyclic) bond motifs is 1. The third kappa shape index (κ3) is 2.74. The molecule has 0 aliphatic heterocycles. The average molecular weight is 301 g/mol. The Hall–Kier alpha value is -1.71. The van der Waals surface area contributed by atoms with Crippen LogP contribution in [0, 0.1) is 0 Å². The van der Waals surface area contributed by atoms with E-state index in [-0.39, 0.29) is 0 Å². The summed E-state index contributed by atoms with van der Waals surface area (Å²) in [6.07, 6.45) is 1.85. The molecule has 0 atom stereocenters. The Morgan fingerprint density at radius 2 is 1.95 bits per heavy atom. The van der Waals surface area contributed by atoms with Gasteiger partial charge in [-0.1, -0.05) is 29.8 Å². The van der Waals surface area contributed by atoms with Crippen molar-refractivity contribution < 1.29 is 0 Å². The monoisotopic (exact) mass is 300 g/mol. The minimum atomic E-state index is 0.733. The number of anilines is 1. The SMILES string of the molecule is Nc1ccc(Cl)c(SCc2ccnc3ccccc23)c1. The summed E-state index contributed by atoms with van der Waals surface area (Å²) in [7, 11) is 0. The number of para-hydroxylation sites is 1. The van der Waals surface area contributed by atoms with E-state index in [1.54, 1.807) is 11.8 Å². The number of nitrogens with zero attached hydrogens (tertiary/aromatic N) is 1. The van der Waals surface area contributed by atoms with Crippen molar-refractivity contribution in [3.63, 3.8) is 0 Å². The standard InChI is InChI=1S/C16H13ClN2S/c17-14-6-5-12(18)9-16(14)20-10-11-7-8-19-15-4-2-1-3-13(11)15/h1-9H,10,18H2. The third-order valence-corrected chi connectivity index (χ3v) is 4.62. The van der Waals surface area contributed by atoms with Gasteiger partial charge in [0.1, 0.15) is 0 Å². The van der Waals surface area contributed by atoms with Crippen molar-refractivity contribution in [1.82, 2.24) is 4.98 Å². The van der Waals surface area contributed by atoms with E-state index in [9.17, 15) is 0 Å². The van der Waals surface area contributed by atoms with Gasteiger partial charge in [0, 0.05) is 27.9 Å². The van der Waals surface area contributed by atoms with Gasteiger partial charge in [-0.25, -0.2) is 0 Å². The normalized spacial score (nSPS) is 10.8. The number of thioether (sulfide) groups is 1. The smallest absolute Gasteiger partial charge is 0.0705 e. The number of halogens is 1. The molecule has 2 aromatic carbocycles. The summed E-state index contributed by atoms with van der Waals surface area (Å²) in [4.78, 5) is 5.38. The summed E-state index contributed by atoms with van der Waals surface area (Å²) < 4.78 is 0. The molecule has 0 radical (unpaired) electrons. The van der Waals surface area contributed by atoms with Gasteiger partial charge >= 0.3 is 0 Å². The fraction of sp³-hybridized carbons (Fsp3) is 0.0625. The van der Waals surface area contributed by atoms with E-state index >= 15 is 0 Å². The van der Waals surface area contributed by atoms with E-state index in [0.29, 0.717) is 0 Å². The van der Waals surface area contributed by atoms with Crippen LogP contribution in [0.2, 0.25) is 5.02 Å². The molecule has 0 unspecified atom stereocenters. The van der Waals surface area contributed by atoms with Crippen molar-refractivity contribution in [3.8, 4) is 0 Å². The molecule has 0 amide bonds. The molecule has 0 aliphatic rings. The highest BCUT2D eigenvalue weighted by Gasteiger charge is 2.05. The predicted molar refractivity (Wildman–Crippen MR) is 87.2 cm³/mol. The summed E-state index contributed by atoms with van der Waals surface area (Å²) in [6, 6.07) is 15.8. The molecule has 0 spiro atoms. The van der Waals surface area contributed by atoms with Gasteiger partial charge in [0.2, 0.25) is 0 Å². The third-order valence-electron chi connectivity index (χ3n) is 3.08. The lowest BCUT2D eigenvalue weighted by molar-refractivity contribution is 1.34. The summed E-state index contributed by atoms with van der Waals surface area (Å²) >= 11 is 7.88. The first-order valence-electron chi connectivity index (χ1n) is 6.24. The summed E-state index contributed by atoms with van der Waals surface area (Å²) in [6.45, 7) is 0. The number of benzene rings is 2. The Balaban J connectivity index is 1.89. The zero-order valence-corrected chi connectivity index (χ0v) is 12.3. The topological polar surface area (TPSA) is 38.9 Å². The lowest BCUT2D eigenvalue weighted by Crippen LogP contribution is -1.88. The van der Waals surface area contributed by atoms with Gasteiger partial charge in [-0.2, -0.15) is 0 Å². The molecule has 4 heteroatoms. The lowest BCUT2D eigenvalue weighted by Gasteiger charge is -2.07. The van der Waals surface area contributed by atoms with Gasteiger partial charge in [-0.3, -0.25) is 4.98 Å². The van der Waals surface area contributed by atoms with Crippen LogP contribution in [-0.2, 0) is 5.75 Å². The van der Waals surface area contributed by atoms with Crippen LogP contribution in [0.5, 0.6) is 0 Å². The minimum Gasteiger partial charge on any atom is -0.399 e. The zero-order chi connectivity index (χ0) is 13.9. The highest BCUT2D eigenvalue weighted by molar-refractivity contribution is 7.98. The van der Waals surface area contributed by atoms with Gasteiger partial charge in [0.05, 0.1) is 10.5 Å². The number of rotatable bonds is 3. The molecule has 0 bridgehead atoms. The molecule has 0 saturated heterocycles. The molecule has 0 fully saturated rings. The number of pyridine rings is 1. The first-order valence-corrected chi connectivity index (χ1v) is 7.61. The maximum absolute atomic E-state index is 6.19. The van der Waals surface area contributed by atoms with Gasteiger partial charge < -0.3 is 5.73 Å². The first-order chi connectivity index (χ1) is 9.74. The van der Waals surface area contributed by atoms with E-state index < -0.39 is 0 Å². The van der Waals surface area contributed by atoms with Crippen molar-refractivity contribution >= 4 is 40.0 Å². The molecule has 1 heterocycles. The van der Waals surface area contributed by atoms with Crippen LogP contribution >= 0.6 is 23.4 Å². The first kappa shape index (κ1) is 13.3. The van der Waals surface area contributed by atoms with Crippen molar-refractivity contribution in [2.75, 3.05) is 5.73 Å². The summed E-state index contributed by atoms with van der Waals surface area (Å²) in [5.74, 6) is 0.839. The van der Waals surface area contributed by atoms with E-state index in [1.165, 1.54) is 10.9 Å². The molecule has 20 heavy (non-hydrogen) atoms. The van der Waals surface area contributed by atoms with E-state index in [2.05, 4.69) is 17.1 Å². The van der Waals surface area contributed by atoms with Crippen molar-refractivity contribution in [2.45, 2.75) is 10.6 Å². The van der Waals surface area contributed by atoms with E-state index in [0.717, 1.165) is 26.9 Å². The number of nitrogen functional groups attached to an aromatic ring is 1. The fourth-order valence-corrected chi connectivity index (χ4v) is 3.34. The van der Waals surface area contributed by atoms with Crippen LogP contribution in [0.3, 0.4) is 0 Å². The quantitative estimate of drug-likeness (QED) is 0.560. The van der Waals surface area contributed by atoms with Crippen LogP contribution in [-0.4, -0.2) is 4.98 Å². The Bertz CT molecular complexity index is 753. The molecule has 0 aliphatic carbocycles. The minimum absolute atomic E-state index is 0.733. The van der Waals surface area contributed by atoms with Crippen LogP contribution in [0.15, 0.2) is 59.6 Å². The van der Waals surface area contributed by atoms with Gasteiger partial charge in [0.25, 0.3) is 0 Å². The molecule has 3 rings (SSSR count). The van der Waals surface area contributed by atoms with Crippen LogP contribution in [0.4, 0.5) is 5.69 Å². The fourth-order valence-electron chi connectivity index (χ4n) is 2.07. The lowest BCUT2D eigenvalue weighted by atomic mass is 10.1. The largest absolute Gasteiger partial charge is 0.399 e. The summed E-state index contributed by atoms with van der Waals surface area (Å²) in [5, 5.41) is 1.92. The molecule has 100 valence electrons. The molecule has 2 nitrogen and oxygen atoms in total. The Morgan fingerprint density at radius 3 is 2.85 bits per heavy atom. The number of hydrogen-bond donors (Lipinski definition) is 1. The molecular weight excluding hydrogens is 288 g/mol. The van der Waals surface area contributed by atoms with Crippen LogP contribution in [0.25, 0.3) is 10.9 Å². The zero-order valence-electron chi connectivity index (χ0n) is 10.7. The summed E-state index contributed by atoms with van der Waals surface area (Å²) in [5.41, 5.74) is 8.80. The highest BCUT2D eigenvalue weighted by atomic mass is 35.5. The van der Waals surface area contributed by atoms with Gasteiger partial charge in [-0.15, -0.1) is 11.8 Å². The van der Waals surface area contributed by atoms with Crippen molar-refractivity contribution in [3.05, 3.63) is 65.3 Å².